The molecule has 180 valence electrons. The molecule has 0 radical (unpaired) electrons. The molecule has 0 saturated carbocycles. The van der Waals surface area contributed by atoms with Gasteiger partial charge in [-0.1, -0.05) is 0 Å². The lowest BCUT2D eigenvalue weighted by atomic mass is 10.1. The number of aromatic nitrogens is 5. The number of hydrogen-bond acceptors (Lipinski definition) is 8. The number of fused-ring (bicyclic) bond motifs is 1. The van der Waals surface area contributed by atoms with Gasteiger partial charge in [-0.2, -0.15) is 10.1 Å². The number of hydrogen-bond donors (Lipinski definition) is 3. The lowest BCUT2D eigenvalue weighted by Crippen LogP contribution is -2.31. The summed E-state index contributed by atoms with van der Waals surface area (Å²) in [5, 5.41) is 13.2. The van der Waals surface area contributed by atoms with Gasteiger partial charge < -0.3 is 20.3 Å². The molecule has 1 atom stereocenters. The Hall–Kier alpha value is -3.80. The van der Waals surface area contributed by atoms with E-state index < -0.39 is 6.03 Å². The van der Waals surface area contributed by atoms with E-state index >= 15 is 0 Å². The predicted octanol–water partition coefficient (Wildman–Crippen LogP) is 2.01. The molecule has 1 fully saturated rings. The normalized spacial score (nSPS) is 15.7. The van der Waals surface area contributed by atoms with E-state index in [9.17, 15) is 9.59 Å². The van der Waals surface area contributed by atoms with Crippen LogP contribution in [0.5, 0.6) is 0 Å². The van der Waals surface area contributed by atoms with Gasteiger partial charge in [-0.3, -0.25) is 15.1 Å². The van der Waals surface area contributed by atoms with Crippen molar-refractivity contribution in [1.29, 1.82) is 0 Å². The summed E-state index contributed by atoms with van der Waals surface area (Å²) in [5.41, 5.74) is 1.21. The number of carbonyl (C=O) groups is 2. The van der Waals surface area contributed by atoms with E-state index in [1.807, 2.05) is 13.8 Å². The smallest absolute Gasteiger partial charge is 0.324 e. The molecule has 12 heteroatoms. The van der Waals surface area contributed by atoms with Crippen LogP contribution in [0.15, 0.2) is 24.7 Å². The van der Waals surface area contributed by atoms with E-state index in [1.54, 1.807) is 31.1 Å². The third kappa shape index (κ3) is 5.06. The topological polar surface area (TPSA) is 139 Å². The molecule has 1 aliphatic heterocycles. The van der Waals surface area contributed by atoms with Crippen molar-refractivity contribution < 1.29 is 14.3 Å². The summed E-state index contributed by atoms with van der Waals surface area (Å²) in [6.45, 7) is 6.14. The largest absolute Gasteiger partial charge is 0.384 e. The number of pyridine rings is 1. The number of aryl methyl sites for hydroxylation is 1. The van der Waals surface area contributed by atoms with Gasteiger partial charge in [0, 0.05) is 51.6 Å². The Labute approximate surface area is 197 Å². The predicted molar refractivity (Wildman–Crippen MR) is 128 cm³/mol. The Balaban J connectivity index is 1.49. The molecule has 3 N–H and O–H groups in total. The molecular formula is C22H29N9O3. The van der Waals surface area contributed by atoms with Gasteiger partial charge in [-0.25, -0.2) is 14.5 Å². The van der Waals surface area contributed by atoms with Crippen molar-refractivity contribution in [3.63, 3.8) is 0 Å². The van der Waals surface area contributed by atoms with Crippen LogP contribution < -0.4 is 20.9 Å². The second-order valence-electron chi connectivity index (χ2n) is 8.56. The Morgan fingerprint density at radius 3 is 2.85 bits per heavy atom. The van der Waals surface area contributed by atoms with Crippen LogP contribution >= 0.6 is 0 Å². The highest BCUT2D eigenvalue weighted by molar-refractivity contribution is 6.08. The average molecular weight is 468 g/mol. The van der Waals surface area contributed by atoms with Gasteiger partial charge in [-0.05, 0) is 26.3 Å². The third-order valence-electron chi connectivity index (χ3n) is 5.50. The van der Waals surface area contributed by atoms with Crippen molar-refractivity contribution in [3.8, 4) is 0 Å². The summed E-state index contributed by atoms with van der Waals surface area (Å²) in [7, 11) is 3.47. The monoisotopic (exact) mass is 467 g/mol. The SMILES string of the molecule is COCC1CCN(c2ncc3c(NC(=O)Nc4cnccc4C(=O)NC(C)C)nn(C)c3n2)C1. The van der Waals surface area contributed by atoms with Crippen molar-refractivity contribution in [1.82, 2.24) is 30.0 Å². The van der Waals surface area contributed by atoms with Gasteiger partial charge in [0.25, 0.3) is 5.91 Å². The van der Waals surface area contributed by atoms with E-state index in [4.69, 9.17) is 4.74 Å². The average Bonchev–Trinajstić information content (AvgIpc) is 3.38. The molecule has 0 aliphatic carbocycles. The zero-order valence-corrected chi connectivity index (χ0v) is 19.7. The number of nitrogens with one attached hydrogen (secondary N) is 3. The highest BCUT2D eigenvalue weighted by Crippen LogP contribution is 2.26. The van der Waals surface area contributed by atoms with Crippen LogP contribution in [0, 0.1) is 5.92 Å². The Kier molecular flexibility index (Phi) is 6.87. The minimum atomic E-state index is -0.558. The molecule has 12 nitrogen and oxygen atoms in total. The molecular weight excluding hydrogens is 438 g/mol. The Morgan fingerprint density at radius 2 is 2.09 bits per heavy atom. The number of urea groups is 1. The number of ether oxygens (including phenoxy) is 1. The highest BCUT2D eigenvalue weighted by Gasteiger charge is 2.25. The molecule has 3 amide bonds. The van der Waals surface area contributed by atoms with Crippen LogP contribution in [0.2, 0.25) is 0 Å². The van der Waals surface area contributed by atoms with Crippen LogP contribution in [-0.4, -0.2) is 69.5 Å². The Bertz CT molecular complexity index is 1190. The minimum Gasteiger partial charge on any atom is -0.384 e. The van der Waals surface area contributed by atoms with Gasteiger partial charge >= 0.3 is 6.03 Å². The number of methoxy groups -OCH3 is 1. The number of anilines is 3. The highest BCUT2D eigenvalue weighted by atomic mass is 16.5. The fourth-order valence-electron chi connectivity index (χ4n) is 3.95. The molecule has 3 aromatic rings. The standard InChI is InChI=1S/C22H29N9O3/c1-13(2)25-20(32)15-5-7-23-10-17(15)26-22(33)27-18-16-9-24-21(28-19(16)30(3)29-18)31-8-6-14(11-31)12-34-4/h5,7,9-10,13-14H,6,8,11-12H2,1-4H3,(H,25,32)(H2,26,27,29,33). The van der Waals surface area contributed by atoms with Gasteiger partial charge in [0.15, 0.2) is 11.5 Å². The van der Waals surface area contributed by atoms with Crippen molar-refractivity contribution >= 4 is 40.4 Å². The second kappa shape index (κ2) is 10.00. The first-order chi connectivity index (χ1) is 16.4. The van der Waals surface area contributed by atoms with Crippen LogP contribution in [0.4, 0.5) is 22.2 Å². The lowest BCUT2D eigenvalue weighted by molar-refractivity contribution is 0.0944. The first kappa shape index (κ1) is 23.4. The number of nitrogens with zero attached hydrogens (tertiary/aromatic N) is 6. The van der Waals surface area contributed by atoms with Crippen LogP contribution in [0.1, 0.15) is 30.6 Å². The molecule has 0 bridgehead atoms. The Morgan fingerprint density at radius 1 is 1.26 bits per heavy atom. The first-order valence-corrected chi connectivity index (χ1v) is 11.1. The van der Waals surface area contributed by atoms with Crippen LogP contribution in [-0.2, 0) is 11.8 Å². The van der Waals surface area contributed by atoms with Crippen molar-refractivity contribution in [2.24, 2.45) is 13.0 Å². The molecule has 0 aromatic carbocycles. The number of rotatable bonds is 7. The zero-order chi connectivity index (χ0) is 24.2. The molecule has 1 unspecified atom stereocenters. The molecule has 4 heterocycles. The summed E-state index contributed by atoms with van der Waals surface area (Å²) in [6, 6.07) is 0.949. The fourth-order valence-corrected chi connectivity index (χ4v) is 3.95. The van der Waals surface area contributed by atoms with Crippen molar-refractivity contribution in [2.75, 3.05) is 42.3 Å². The molecule has 0 spiro atoms. The summed E-state index contributed by atoms with van der Waals surface area (Å²) in [6.07, 6.45) is 5.61. The maximum Gasteiger partial charge on any atom is 0.324 e. The first-order valence-electron chi connectivity index (χ1n) is 11.1. The van der Waals surface area contributed by atoms with Crippen LogP contribution in [0.25, 0.3) is 11.0 Å². The van der Waals surface area contributed by atoms with E-state index in [0.717, 1.165) is 19.5 Å². The zero-order valence-electron chi connectivity index (χ0n) is 19.7. The summed E-state index contributed by atoms with van der Waals surface area (Å²) < 4.78 is 6.87. The van der Waals surface area contributed by atoms with E-state index in [2.05, 4.69) is 40.9 Å². The molecule has 1 aliphatic rings. The van der Waals surface area contributed by atoms with Crippen molar-refractivity contribution in [3.05, 3.63) is 30.2 Å². The third-order valence-corrected chi connectivity index (χ3v) is 5.50. The molecule has 1 saturated heterocycles. The van der Waals surface area contributed by atoms with Gasteiger partial charge in [0.2, 0.25) is 5.95 Å². The molecule has 4 rings (SSSR count). The van der Waals surface area contributed by atoms with Gasteiger partial charge in [-0.15, -0.1) is 0 Å². The number of amides is 3. The number of carbonyl (C=O) groups excluding carboxylic acids is 2. The fraction of sp³-hybridized carbons (Fsp3) is 0.455. The maximum atomic E-state index is 12.7. The van der Waals surface area contributed by atoms with Gasteiger partial charge in [0.05, 0.1) is 29.4 Å². The summed E-state index contributed by atoms with van der Waals surface area (Å²) in [5.74, 6) is 1.10. The van der Waals surface area contributed by atoms with E-state index in [1.165, 1.54) is 12.4 Å². The van der Waals surface area contributed by atoms with Crippen LogP contribution in [0.3, 0.4) is 0 Å². The summed E-state index contributed by atoms with van der Waals surface area (Å²) in [4.78, 5) is 40.5. The van der Waals surface area contributed by atoms with E-state index in [-0.39, 0.29) is 17.6 Å². The maximum absolute atomic E-state index is 12.7. The van der Waals surface area contributed by atoms with Gasteiger partial charge in [0.1, 0.15) is 0 Å². The molecule has 3 aromatic heterocycles. The van der Waals surface area contributed by atoms with Crippen molar-refractivity contribution in [2.45, 2.75) is 26.3 Å². The lowest BCUT2D eigenvalue weighted by Gasteiger charge is -2.16. The minimum absolute atomic E-state index is 0.0430. The second-order valence-corrected chi connectivity index (χ2v) is 8.56. The van der Waals surface area contributed by atoms with E-state index in [0.29, 0.717) is 40.9 Å². The quantitative estimate of drug-likeness (QED) is 0.480. The summed E-state index contributed by atoms with van der Waals surface area (Å²) >= 11 is 0. The molecule has 34 heavy (non-hydrogen) atoms.